The van der Waals surface area contributed by atoms with E-state index >= 15 is 0 Å². The third-order valence-corrected chi connectivity index (χ3v) is 2.76. The lowest BCUT2D eigenvalue weighted by atomic mass is 10.1. The Balaban J connectivity index is 0.00000361. The number of hydrogen-bond acceptors (Lipinski definition) is 5. The summed E-state index contributed by atoms with van der Waals surface area (Å²) in [6.45, 7) is 2.42. The number of ether oxygens (including phenoxy) is 4. The van der Waals surface area contributed by atoms with Crippen LogP contribution in [-0.4, -0.2) is 41.6 Å². The Bertz CT molecular complexity index is 362. The SMILES string of the molecule is COCCCNCc1cc(OC)c(OC)c(OC)c1.Cl. The minimum Gasteiger partial charge on any atom is -0.493 e. The van der Waals surface area contributed by atoms with Crippen LogP contribution in [-0.2, 0) is 11.3 Å². The van der Waals surface area contributed by atoms with Crippen molar-refractivity contribution in [1.82, 2.24) is 5.32 Å². The van der Waals surface area contributed by atoms with Crippen molar-refractivity contribution in [2.45, 2.75) is 13.0 Å². The summed E-state index contributed by atoms with van der Waals surface area (Å²) < 4.78 is 20.9. The van der Waals surface area contributed by atoms with E-state index in [0.29, 0.717) is 17.2 Å². The molecule has 0 amide bonds. The van der Waals surface area contributed by atoms with Gasteiger partial charge in [0.2, 0.25) is 5.75 Å². The van der Waals surface area contributed by atoms with Gasteiger partial charge in [-0.2, -0.15) is 0 Å². The van der Waals surface area contributed by atoms with E-state index in [1.54, 1.807) is 28.4 Å². The predicted octanol–water partition coefficient (Wildman–Crippen LogP) is 2.26. The van der Waals surface area contributed by atoms with Crippen molar-refractivity contribution in [2.75, 3.05) is 41.6 Å². The average molecular weight is 306 g/mol. The number of halogens is 1. The van der Waals surface area contributed by atoms with Gasteiger partial charge in [-0.25, -0.2) is 0 Å². The van der Waals surface area contributed by atoms with Crippen LogP contribution in [0.25, 0.3) is 0 Å². The lowest BCUT2D eigenvalue weighted by molar-refractivity contribution is 0.194. The van der Waals surface area contributed by atoms with Gasteiger partial charge in [-0.15, -0.1) is 12.4 Å². The van der Waals surface area contributed by atoms with E-state index in [2.05, 4.69) is 5.32 Å². The highest BCUT2D eigenvalue weighted by molar-refractivity contribution is 5.85. The number of nitrogens with one attached hydrogen (secondary N) is 1. The molecule has 1 aromatic carbocycles. The zero-order chi connectivity index (χ0) is 14.1. The van der Waals surface area contributed by atoms with Gasteiger partial charge in [-0.1, -0.05) is 0 Å². The molecule has 6 heteroatoms. The summed E-state index contributed by atoms with van der Waals surface area (Å²) in [5.74, 6) is 1.97. The molecule has 0 aliphatic rings. The summed E-state index contributed by atoms with van der Waals surface area (Å²) in [7, 11) is 6.54. The first-order valence-corrected chi connectivity index (χ1v) is 6.25. The van der Waals surface area contributed by atoms with Crippen molar-refractivity contribution in [3.8, 4) is 17.2 Å². The third kappa shape index (κ3) is 5.45. The quantitative estimate of drug-likeness (QED) is 0.709. The highest BCUT2D eigenvalue weighted by atomic mass is 35.5. The first kappa shape index (κ1) is 18.8. The fraction of sp³-hybridized carbons (Fsp3) is 0.571. The van der Waals surface area contributed by atoms with Crippen LogP contribution >= 0.6 is 12.4 Å². The maximum Gasteiger partial charge on any atom is 0.203 e. The minimum atomic E-state index is 0. The molecule has 0 saturated heterocycles. The smallest absolute Gasteiger partial charge is 0.203 e. The lowest BCUT2D eigenvalue weighted by Gasteiger charge is -2.14. The first-order chi connectivity index (χ1) is 9.26. The Kier molecular flexibility index (Phi) is 9.98. The van der Waals surface area contributed by atoms with Crippen molar-refractivity contribution < 1.29 is 18.9 Å². The van der Waals surface area contributed by atoms with Crippen LogP contribution in [0, 0.1) is 0 Å². The molecule has 116 valence electrons. The molecule has 0 heterocycles. The monoisotopic (exact) mass is 305 g/mol. The van der Waals surface area contributed by atoms with Crippen LogP contribution in [0.5, 0.6) is 17.2 Å². The van der Waals surface area contributed by atoms with Gasteiger partial charge in [0.15, 0.2) is 11.5 Å². The van der Waals surface area contributed by atoms with Crippen LogP contribution < -0.4 is 19.5 Å². The van der Waals surface area contributed by atoms with Crippen LogP contribution in [0.4, 0.5) is 0 Å². The molecule has 0 aliphatic carbocycles. The summed E-state index contributed by atoms with van der Waals surface area (Å²) in [5, 5.41) is 3.34. The van der Waals surface area contributed by atoms with Crippen molar-refractivity contribution in [3.63, 3.8) is 0 Å². The molecular formula is C14H24ClNO4. The van der Waals surface area contributed by atoms with Gasteiger partial charge < -0.3 is 24.3 Å². The summed E-state index contributed by atoms with van der Waals surface area (Å²) >= 11 is 0. The van der Waals surface area contributed by atoms with Crippen molar-refractivity contribution >= 4 is 12.4 Å². The largest absolute Gasteiger partial charge is 0.493 e. The number of methoxy groups -OCH3 is 4. The topological polar surface area (TPSA) is 49.0 Å². The van der Waals surface area contributed by atoms with Gasteiger partial charge in [0.1, 0.15) is 0 Å². The first-order valence-electron chi connectivity index (χ1n) is 6.25. The fourth-order valence-corrected chi connectivity index (χ4v) is 1.81. The fourth-order valence-electron chi connectivity index (χ4n) is 1.81. The van der Waals surface area contributed by atoms with E-state index in [9.17, 15) is 0 Å². The molecule has 1 rings (SSSR count). The van der Waals surface area contributed by atoms with Crippen molar-refractivity contribution in [3.05, 3.63) is 17.7 Å². The van der Waals surface area contributed by atoms with Crippen LogP contribution in [0.1, 0.15) is 12.0 Å². The summed E-state index contributed by atoms with van der Waals surface area (Å²) in [5.41, 5.74) is 1.09. The van der Waals surface area contributed by atoms with E-state index in [0.717, 1.165) is 31.7 Å². The average Bonchev–Trinajstić information content (AvgIpc) is 2.45. The number of benzene rings is 1. The Morgan fingerprint density at radius 3 is 2.00 bits per heavy atom. The molecular weight excluding hydrogens is 282 g/mol. The Morgan fingerprint density at radius 1 is 0.950 bits per heavy atom. The number of rotatable bonds is 9. The second-order valence-electron chi connectivity index (χ2n) is 4.06. The molecule has 0 unspecified atom stereocenters. The second-order valence-corrected chi connectivity index (χ2v) is 4.06. The molecule has 0 atom stereocenters. The van der Waals surface area contributed by atoms with Crippen LogP contribution in [0.2, 0.25) is 0 Å². The molecule has 1 N–H and O–H groups in total. The highest BCUT2D eigenvalue weighted by Crippen LogP contribution is 2.38. The second kappa shape index (κ2) is 10.6. The van der Waals surface area contributed by atoms with E-state index < -0.39 is 0 Å². The Labute approximate surface area is 127 Å². The number of hydrogen-bond donors (Lipinski definition) is 1. The summed E-state index contributed by atoms with van der Waals surface area (Å²) in [6, 6.07) is 3.90. The molecule has 0 saturated carbocycles. The predicted molar refractivity (Wildman–Crippen MR) is 81.5 cm³/mol. The summed E-state index contributed by atoms with van der Waals surface area (Å²) in [4.78, 5) is 0. The van der Waals surface area contributed by atoms with Gasteiger partial charge in [-0.05, 0) is 30.7 Å². The lowest BCUT2D eigenvalue weighted by Crippen LogP contribution is -2.16. The van der Waals surface area contributed by atoms with Gasteiger partial charge >= 0.3 is 0 Å². The maximum atomic E-state index is 5.31. The molecule has 0 bridgehead atoms. The van der Waals surface area contributed by atoms with Crippen molar-refractivity contribution in [1.29, 1.82) is 0 Å². The van der Waals surface area contributed by atoms with Crippen molar-refractivity contribution in [2.24, 2.45) is 0 Å². The van der Waals surface area contributed by atoms with E-state index in [4.69, 9.17) is 18.9 Å². The molecule has 0 radical (unpaired) electrons. The van der Waals surface area contributed by atoms with Gasteiger partial charge in [0.25, 0.3) is 0 Å². The zero-order valence-electron chi connectivity index (χ0n) is 12.5. The van der Waals surface area contributed by atoms with Gasteiger partial charge in [-0.3, -0.25) is 0 Å². The van der Waals surface area contributed by atoms with Crippen LogP contribution in [0.3, 0.4) is 0 Å². The molecule has 0 fully saturated rings. The van der Waals surface area contributed by atoms with E-state index in [1.807, 2.05) is 12.1 Å². The molecule has 0 spiro atoms. The Morgan fingerprint density at radius 2 is 1.55 bits per heavy atom. The van der Waals surface area contributed by atoms with Gasteiger partial charge in [0, 0.05) is 20.3 Å². The highest BCUT2D eigenvalue weighted by Gasteiger charge is 2.12. The standard InChI is InChI=1S/C14H23NO4.ClH/c1-16-7-5-6-15-10-11-8-12(17-2)14(19-4)13(9-11)18-3;/h8-9,15H,5-7,10H2,1-4H3;1H. The third-order valence-electron chi connectivity index (χ3n) is 2.76. The van der Waals surface area contributed by atoms with Crippen LogP contribution in [0.15, 0.2) is 12.1 Å². The zero-order valence-corrected chi connectivity index (χ0v) is 13.3. The maximum absolute atomic E-state index is 5.31. The van der Waals surface area contributed by atoms with Gasteiger partial charge in [0.05, 0.1) is 21.3 Å². The Hall–Kier alpha value is -1.17. The molecule has 0 aromatic heterocycles. The molecule has 20 heavy (non-hydrogen) atoms. The molecule has 0 aliphatic heterocycles. The minimum absolute atomic E-state index is 0. The molecule has 5 nitrogen and oxygen atoms in total. The summed E-state index contributed by atoms with van der Waals surface area (Å²) in [6.07, 6.45) is 0.987. The molecule has 1 aromatic rings. The normalized spacial score (nSPS) is 9.80. The van der Waals surface area contributed by atoms with E-state index in [-0.39, 0.29) is 12.4 Å². The van der Waals surface area contributed by atoms with E-state index in [1.165, 1.54) is 0 Å².